The van der Waals surface area contributed by atoms with Crippen LogP contribution in [0.1, 0.15) is 25.0 Å². The van der Waals surface area contributed by atoms with Crippen molar-refractivity contribution in [1.82, 2.24) is 0 Å². The molecule has 1 N–H and O–H groups in total. The Labute approximate surface area is 136 Å². The number of urea groups is 1. The van der Waals surface area contributed by atoms with Crippen molar-refractivity contribution in [3.8, 4) is 6.07 Å². The molecule has 0 saturated carbocycles. The molecule has 2 aromatic carbocycles. The van der Waals surface area contributed by atoms with Crippen molar-refractivity contribution in [2.24, 2.45) is 5.41 Å². The summed E-state index contributed by atoms with van der Waals surface area (Å²) in [6, 6.07) is 17.0. The first-order valence-corrected chi connectivity index (χ1v) is 7.65. The Morgan fingerprint density at radius 3 is 2.65 bits per heavy atom. The van der Waals surface area contributed by atoms with Crippen LogP contribution in [0.15, 0.2) is 48.5 Å². The number of amides is 2. The van der Waals surface area contributed by atoms with E-state index in [2.05, 4.69) is 25.2 Å². The molecule has 1 heterocycles. The topological polar surface area (TPSA) is 56.1 Å². The van der Waals surface area contributed by atoms with Crippen LogP contribution < -0.4 is 10.2 Å². The number of nitrogens with zero attached hydrogens (tertiary/aromatic N) is 2. The van der Waals surface area contributed by atoms with E-state index in [0.717, 1.165) is 23.4 Å². The van der Waals surface area contributed by atoms with E-state index in [4.69, 9.17) is 5.26 Å². The highest BCUT2D eigenvalue weighted by Gasteiger charge is 2.33. The number of anilines is 2. The molecule has 3 rings (SSSR count). The number of para-hydroxylation sites is 1. The Morgan fingerprint density at radius 2 is 1.96 bits per heavy atom. The van der Waals surface area contributed by atoms with Gasteiger partial charge in [0.2, 0.25) is 0 Å². The average molecular weight is 305 g/mol. The van der Waals surface area contributed by atoms with Crippen molar-refractivity contribution >= 4 is 17.4 Å². The van der Waals surface area contributed by atoms with Gasteiger partial charge in [0, 0.05) is 17.9 Å². The van der Waals surface area contributed by atoms with E-state index in [1.54, 1.807) is 11.0 Å². The van der Waals surface area contributed by atoms with Gasteiger partial charge in [-0.25, -0.2) is 4.79 Å². The maximum Gasteiger partial charge on any atom is 0.326 e. The summed E-state index contributed by atoms with van der Waals surface area (Å²) in [5, 5.41) is 12.1. The van der Waals surface area contributed by atoms with Crippen LogP contribution in [-0.2, 0) is 6.42 Å². The molecule has 0 bridgehead atoms. The molecule has 2 aromatic rings. The Morgan fingerprint density at radius 1 is 1.22 bits per heavy atom. The van der Waals surface area contributed by atoms with E-state index >= 15 is 0 Å². The summed E-state index contributed by atoms with van der Waals surface area (Å²) in [5.74, 6) is 0. The first-order valence-electron chi connectivity index (χ1n) is 7.65. The van der Waals surface area contributed by atoms with Gasteiger partial charge in [0.25, 0.3) is 0 Å². The minimum absolute atomic E-state index is 0.00477. The van der Waals surface area contributed by atoms with Crippen LogP contribution in [-0.4, -0.2) is 12.6 Å². The highest BCUT2D eigenvalue weighted by Crippen LogP contribution is 2.37. The quantitative estimate of drug-likeness (QED) is 0.859. The highest BCUT2D eigenvalue weighted by molar-refractivity contribution is 6.02. The molecule has 23 heavy (non-hydrogen) atoms. The summed E-state index contributed by atoms with van der Waals surface area (Å²) in [7, 11) is 0. The van der Waals surface area contributed by atoms with Crippen molar-refractivity contribution in [2.75, 3.05) is 16.8 Å². The largest absolute Gasteiger partial charge is 0.326 e. The predicted molar refractivity (Wildman–Crippen MR) is 91.4 cm³/mol. The molecule has 0 unspecified atom stereocenters. The van der Waals surface area contributed by atoms with Crippen molar-refractivity contribution in [2.45, 2.75) is 20.3 Å². The number of carbonyl (C=O) groups excluding carboxylic acids is 1. The van der Waals surface area contributed by atoms with Gasteiger partial charge in [-0.3, -0.25) is 4.90 Å². The minimum atomic E-state index is -0.166. The van der Waals surface area contributed by atoms with Gasteiger partial charge < -0.3 is 5.32 Å². The number of rotatable bonds is 1. The van der Waals surface area contributed by atoms with E-state index in [1.807, 2.05) is 42.5 Å². The summed E-state index contributed by atoms with van der Waals surface area (Å²) < 4.78 is 0. The lowest BCUT2D eigenvalue weighted by Gasteiger charge is -2.39. The van der Waals surface area contributed by atoms with E-state index in [0.29, 0.717) is 12.1 Å². The molecule has 4 nitrogen and oxygen atoms in total. The number of hydrogen-bond acceptors (Lipinski definition) is 2. The lowest BCUT2D eigenvalue weighted by atomic mass is 9.81. The van der Waals surface area contributed by atoms with Crippen molar-refractivity contribution in [1.29, 1.82) is 5.26 Å². The molecular weight excluding hydrogens is 286 g/mol. The molecule has 1 aliphatic heterocycles. The molecule has 0 aliphatic carbocycles. The van der Waals surface area contributed by atoms with Crippen molar-refractivity contribution in [3.05, 3.63) is 59.7 Å². The van der Waals surface area contributed by atoms with Gasteiger partial charge in [-0.2, -0.15) is 5.26 Å². The fraction of sp³-hybridized carbons (Fsp3) is 0.263. The van der Waals surface area contributed by atoms with Crippen LogP contribution in [0, 0.1) is 16.7 Å². The molecule has 0 radical (unpaired) electrons. The third-order valence-corrected chi connectivity index (χ3v) is 4.03. The second-order valence-electron chi connectivity index (χ2n) is 6.68. The molecule has 1 aliphatic rings. The highest BCUT2D eigenvalue weighted by atomic mass is 16.2. The first-order chi connectivity index (χ1) is 11.0. The Kier molecular flexibility index (Phi) is 3.79. The van der Waals surface area contributed by atoms with Gasteiger partial charge in [-0.15, -0.1) is 0 Å². The zero-order valence-corrected chi connectivity index (χ0v) is 13.3. The van der Waals surface area contributed by atoms with Crippen molar-refractivity contribution in [3.63, 3.8) is 0 Å². The van der Waals surface area contributed by atoms with Gasteiger partial charge >= 0.3 is 6.03 Å². The summed E-state index contributed by atoms with van der Waals surface area (Å²) in [5.41, 5.74) is 3.26. The molecule has 4 heteroatoms. The summed E-state index contributed by atoms with van der Waals surface area (Å²) in [6.45, 7) is 4.92. The maximum atomic E-state index is 12.7. The van der Waals surface area contributed by atoms with Gasteiger partial charge in [-0.05, 0) is 41.7 Å². The Hall–Kier alpha value is -2.80. The number of nitrogens with one attached hydrogen (secondary N) is 1. The smallest absolute Gasteiger partial charge is 0.308 e. The lowest BCUT2D eigenvalue weighted by molar-refractivity contribution is 0.250. The average Bonchev–Trinajstić information content (AvgIpc) is 2.54. The summed E-state index contributed by atoms with van der Waals surface area (Å²) >= 11 is 0. The van der Waals surface area contributed by atoms with Crippen LogP contribution >= 0.6 is 0 Å². The van der Waals surface area contributed by atoms with Gasteiger partial charge in [0.15, 0.2) is 0 Å². The van der Waals surface area contributed by atoms with E-state index in [9.17, 15) is 4.79 Å². The number of benzene rings is 2. The zero-order chi connectivity index (χ0) is 16.4. The number of hydrogen-bond donors (Lipinski definition) is 1. The van der Waals surface area contributed by atoms with Crippen LogP contribution in [0.2, 0.25) is 0 Å². The molecule has 0 aromatic heterocycles. The second-order valence-corrected chi connectivity index (χ2v) is 6.68. The van der Waals surface area contributed by atoms with Gasteiger partial charge in [0.05, 0.1) is 11.6 Å². The Balaban J connectivity index is 1.95. The van der Waals surface area contributed by atoms with Crippen LogP contribution in [0.5, 0.6) is 0 Å². The monoisotopic (exact) mass is 305 g/mol. The second kappa shape index (κ2) is 5.77. The molecular formula is C19H19N3O. The standard InChI is InChI=1S/C19H19N3O/c1-19(2)11-15-9-8-14(12-20)10-17(15)22(13-19)18(23)21-16-6-4-3-5-7-16/h3-10H,11,13H2,1-2H3,(H,21,23). The molecule has 116 valence electrons. The zero-order valence-electron chi connectivity index (χ0n) is 13.3. The maximum absolute atomic E-state index is 12.7. The third-order valence-electron chi connectivity index (χ3n) is 4.03. The molecule has 0 spiro atoms. The lowest BCUT2D eigenvalue weighted by Crippen LogP contribution is -2.46. The number of nitriles is 1. The summed E-state index contributed by atoms with van der Waals surface area (Å²) in [4.78, 5) is 14.5. The van der Waals surface area contributed by atoms with Crippen LogP contribution in [0.4, 0.5) is 16.2 Å². The van der Waals surface area contributed by atoms with Crippen molar-refractivity contribution < 1.29 is 4.79 Å². The fourth-order valence-electron chi connectivity index (χ4n) is 3.01. The minimum Gasteiger partial charge on any atom is -0.308 e. The van der Waals surface area contributed by atoms with Crippen LogP contribution in [0.25, 0.3) is 0 Å². The Bertz CT molecular complexity index is 775. The molecule has 0 fully saturated rings. The van der Waals surface area contributed by atoms with E-state index < -0.39 is 0 Å². The number of carbonyl (C=O) groups is 1. The molecule has 0 atom stereocenters. The van der Waals surface area contributed by atoms with Crippen LogP contribution in [0.3, 0.4) is 0 Å². The summed E-state index contributed by atoms with van der Waals surface area (Å²) in [6.07, 6.45) is 0.892. The van der Waals surface area contributed by atoms with E-state index in [1.165, 1.54) is 0 Å². The SMILES string of the molecule is CC1(C)Cc2ccc(C#N)cc2N(C(=O)Nc2ccccc2)C1. The third kappa shape index (κ3) is 3.19. The van der Waals surface area contributed by atoms with E-state index in [-0.39, 0.29) is 11.4 Å². The number of fused-ring (bicyclic) bond motifs is 1. The van der Waals surface area contributed by atoms with Gasteiger partial charge in [0.1, 0.15) is 0 Å². The van der Waals surface area contributed by atoms with Gasteiger partial charge in [-0.1, -0.05) is 38.1 Å². The normalized spacial score (nSPS) is 15.4. The fourth-order valence-corrected chi connectivity index (χ4v) is 3.01. The molecule has 0 saturated heterocycles. The predicted octanol–water partition coefficient (Wildman–Crippen LogP) is 4.18. The first kappa shape index (κ1) is 15.1. The molecule has 2 amide bonds.